The largest absolute Gasteiger partial charge is 0.387 e. The summed E-state index contributed by atoms with van der Waals surface area (Å²) in [6.07, 6.45) is 3.70. The number of thiophene rings is 1. The van der Waals surface area contributed by atoms with E-state index >= 15 is 0 Å². The van der Waals surface area contributed by atoms with E-state index in [1.807, 2.05) is 25.1 Å². The van der Waals surface area contributed by atoms with E-state index in [9.17, 15) is 5.11 Å². The smallest absolute Gasteiger partial charge is 0.0922 e. The van der Waals surface area contributed by atoms with Gasteiger partial charge in [0.15, 0.2) is 0 Å². The van der Waals surface area contributed by atoms with Crippen LogP contribution in [-0.2, 0) is 6.42 Å². The molecule has 0 aromatic carbocycles. The van der Waals surface area contributed by atoms with Crippen molar-refractivity contribution in [1.29, 1.82) is 0 Å². The molecule has 2 rings (SSSR count). The Balaban J connectivity index is 2.10. The lowest BCUT2D eigenvalue weighted by Crippen LogP contribution is -1.99. The average Bonchev–Trinajstić information content (AvgIpc) is 2.65. The SMILES string of the molecule is Cc1ccc(C(O)Cc2cncc(Br)c2)s1. The molecule has 0 bridgehead atoms. The van der Waals surface area contributed by atoms with E-state index in [0.29, 0.717) is 6.42 Å². The van der Waals surface area contributed by atoms with Gasteiger partial charge in [0.2, 0.25) is 0 Å². The minimum atomic E-state index is -0.435. The quantitative estimate of drug-likeness (QED) is 0.941. The Labute approximate surface area is 107 Å². The van der Waals surface area contributed by atoms with Gasteiger partial charge >= 0.3 is 0 Å². The van der Waals surface area contributed by atoms with Crippen molar-refractivity contribution in [2.75, 3.05) is 0 Å². The second-order valence-electron chi connectivity index (χ2n) is 3.68. The number of aromatic nitrogens is 1. The Morgan fingerprint density at radius 3 is 2.88 bits per heavy atom. The third kappa shape index (κ3) is 2.90. The van der Waals surface area contributed by atoms with Crippen LogP contribution in [-0.4, -0.2) is 10.1 Å². The summed E-state index contributed by atoms with van der Waals surface area (Å²) in [5.74, 6) is 0. The van der Waals surface area contributed by atoms with Crippen LogP contribution in [0.3, 0.4) is 0 Å². The van der Waals surface area contributed by atoms with Crippen LogP contribution >= 0.6 is 27.3 Å². The molecule has 0 saturated heterocycles. The van der Waals surface area contributed by atoms with E-state index in [-0.39, 0.29) is 0 Å². The van der Waals surface area contributed by atoms with Gasteiger partial charge in [-0.2, -0.15) is 0 Å². The zero-order chi connectivity index (χ0) is 11.5. The third-order valence-electron chi connectivity index (χ3n) is 2.28. The van der Waals surface area contributed by atoms with Gasteiger partial charge in [0, 0.05) is 33.0 Å². The molecule has 0 aliphatic heterocycles. The van der Waals surface area contributed by atoms with Gasteiger partial charge in [-0.25, -0.2) is 0 Å². The number of rotatable bonds is 3. The van der Waals surface area contributed by atoms with Crippen molar-refractivity contribution < 1.29 is 5.11 Å². The highest BCUT2D eigenvalue weighted by atomic mass is 79.9. The summed E-state index contributed by atoms with van der Waals surface area (Å²) in [6.45, 7) is 2.04. The van der Waals surface area contributed by atoms with Crippen molar-refractivity contribution in [1.82, 2.24) is 4.98 Å². The lowest BCUT2D eigenvalue weighted by molar-refractivity contribution is 0.182. The van der Waals surface area contributed by atoms with Crippen LogP contribution in [0.15, 0.2) is 35.1 Å². The monoisotopic (exact) mass is 297 g/mol. The molecule has 4 heteroatoms. The third-order valence-corrected chi connectivity index (χ3v) is 3.82. The summed E-state index contributed by atoms with van der Waals surface area (Å²) in [7, 11) is 0. The van der Waals surface area contributed by atoms with Gasteiger partial charge < -0.3 is 5.11 Å². The molecule has 2 aromatic rings. The van der Waals surface area contributed by atoms with E-state index < -0.39 is 6.10 Å². The van der Waals surface area contributed by atoms with Gasteiger partial charge in [-0.1, -0.05) is 0 Å². The standard InChI is InChI=1S/C12H12BrNOS/c1-8-2-3-12(16-8)11(15)5-9-4-10(13)7-14-6-9/h2-4,6-7,11,15H,5H2,1H3. The van der Waals surface area contributed by atoms with Gasteiger partial charge in [0.25, 0.3) is 0 Å². The molecule has 2 aromatic heterocycles. The average molecular weight is 298 g/mol. The molecule has 0 aliphatic carbocycles. The molecule has 1 atom stereocenters. The lowest BCUT2D eigenvalue weighted by Gasteiger charge is -2.08. The zero-order valence-electron chi connectivity index (χ0n) is 8.85. The number of pyridine rings is 1. The molecule has 0 spiro atoms. The maximum atomic E-state index is 10.0. The Morgan fingerprint density at radius 2 is 2.25 bits per heavy atom. The van der Waals surface area contributed by atoms with Gasteiger partial charge in [0.1, 0.15) is 0 Å². The first-order chi connectivity index (χ1) is 7.65. The molecule has 0 aliphatic rings. The van der Waals surface area contributed by atoms with Crippen molar-refractivity contribution in [2.24, 2.45) is 0 Å². The van der Waals surface area contributed by atoms with Gasteiger partial charge in [-0.05, 0) is 46.6 Å². The molecule has 0 radical (unpaired) electrons. The minimum absolute atomic E-state index is 0.435. The second kappa shape index (κ2) is 5.08. The molecule has 1 unspecified atom stereocenters. The van der Waals surface area contributed by atoms with E-state index in [0.717, 1.165) is 14.9 Å². The maximum Gasteiger partial charge on any atom is 0.0922 e. The molecule has 2 heterocycles. The van der Waals surface area contributed by atoms with E-state index in [1.54, 1.807) is 23.7 Å². The number of aryl methyl sites for hydroxylation is 1. The Kier molecular flexibility index (Phi) is 3.74. The van der Waals surface area contributed by atoms with Crippen LogP contribution in [0.25, 0.3) is 0 Å². The second-order valence-corrected chi connectivity index (χ2v) is 5.91. The van der Waals surface area contributed by atoms with Crippen molar-refractivity contribution >= 4 is 27.3 Å². The minimum Gasteiger partial charge on any atom is -0.387 e. The first kappa shape index (κ1) is 11.8. The fourth-order valence-electron chi connectivity index (χ4n) is 1.52. The van der Waals surface area contributed by atoms with E-state index in [2.05, 4.69) is 20.9 Å². The van der Waals surface area contributed by atoms with Gasteiger partial charge in [0.05, 0.1) is 6.10 Å². The highest BCUT2D eigenvalue weighted by molar-refractivity contribution is 9.10. The fraction of sp³-hybridized carbons (Fsp3) is 0.250. The Morgan fingerprint density at radius 1 is 1.44 bits per heavy atom. The number of aliphatic hydroxyl groups is 1. The predicted molar refractivity (Wildman–Crippen MR) is 69.7 cm³/mol. The summed E-state index contributed by atoms with van der Waals surface area (Å²) in [4.78, 5) is 6.32. The topological polar surface area (TPSA) is 33.1 Å². The Hall–Kier alpha value is -0.710. The van der Waals surface area contributed by atoms with Crippen LogP contribution in [0, 0.1) is 6.92 Å². The highest BCUT2D eigenvalue weighted by Crippen LogP contribution is 2.25. The summed E-state index contributed by atoms with van der Waals surface area (Å²) in [6, 6.07) is 6.00. The number of halogens is 1. The van der Waals surface area contributed by atoms with Crippen molar-refractivity contribution in [2.45, 2.75) is 19.4 Å². The number of hydrogen-bond donors (Lipinski definition) is 1. The molecular formula is C12H12BrNOS. The van der Waals surface area contributed by atoms with Crippen molar-refractivity contribution in [3.8, 4) is 0 Å². The van der Waals surface area contributed by atoms with Crippen LogP contribution in [0.4, 0.5) is 0 Å². The summed E-state index contributed by atoms with van der Waals surface area (Å²) >= 11 is 5.01. The van der Waals surface area contributed by atoms with Gasteiger partial charge in [-0.3, -0.25) is 4.98 Å². The van der Waals surface area contributed by atoms with E-state index in [4.69, 9.17) is 0 Å². The number of aliphatic hydroxyl groups excluding tert-OH is 1. The van der Waals surface area contributed by atoms with E-state index in [1.165, 1.54) is 4.88 Å². The molecule has 16 heavy (non-hydrogen) atoms. The van der Waals surface area contributed by atoms with Crippen molar-refractivity contribution in [3.63, 3.8) is 0 Å². The lowest BCUT2D eigenvalue weighted by atomic mass is 10.1. The number of hydrogen-bond acceptors (Lipinski definition) is 3. The Bertz CT molecular complexity index is 483. The molecule has 0 saturated carbocycles. The predicted octanol–water partition coefficient (Wildman–Crippen LogP) is 3.49. The van der Waals surface area contributed by atoms with Crippen LogP contribution < -0.4 is 0 Å². The molecule has 2 nitrogen and oxygen atoms in total. The fourth-order valence-corrected chi connectivity index (χ4v) is 2.80. The zero-order valence-corrected chi connectivity index (χ0v) is 11.3. The molecular weight excluding hydrogens is 286 g/mol. The van der Waals surface area contributed by atoms with Crippen molar-refractivity contribution in [3.05, 3.63) is 50.4 Å². The summed E-state index contributed by atoms with van der Waals surface area (Å²) in [5.41, 5.74) is 1.04. The first-order valence-electron chi connectivity index (χ1n) is 4.99. The highest BCUT2D eigenvalue weighted by Gasteiger charge is 2.10. The number of nitrogens with zero attached hydrogens (tertiary/aromatic N) is 1. The maximum absolute atomic E-state index is 10.0. The van der Waals surface area contributed by atoms with Crippen LogP contribution in [0.5, 0.6) is 0 Å². The summed E-state index contributed by atoms with van der Waals surface area (Å²) in [5, 5.41) is 10.0. The first-order valence-corrected chi connectivity index (χ1v) is 6.60. The van der Waals surface area contributed by atoms with Crippen LogP contribution in [0.2, 0.25) is 0 Å². The molecule has 0 fully saturated rings. The molecule has 1 N–H and O–H groups in total. The molecule has 0 amide bonds. The van der Waals surface area contributed by atoms with Crippen LogP contribution in [0.1, 0.15) is 21.4 Å². The van der Waals surface area contributed by atoms with Gasteiger partial charge in [-0.15, -0.1) is 11.3 Å². The summed E-state index contributed by atoms with van der Waals surface area (Å²) < 4.78 is 0.944. The molecule has 84 valence electrons. The normalized spacial score (nSPS) is 12.7.